The number of aromatic nitrogens is 4. The molecule has 0 bridgehead atoms. The van der Waals surface area contributed by atoms with Crippen LogP contribution in [0.25, 0.3) is 16.9 Å². The van der Waals surface area contributed by atoms with Crippen LogP contribution in [-0.4, -0.2) is 52.1 Å². The van der Waals surface area contributed by atoms with E-state index in [1.54, 1.807) is 38.1 Å². The van der Waals surface area contributed by atoms with Gasteiger partial charge >= 0.3 is 11.7 Å². The van der Waals surface area contributed by atoms with E-state index in [1.807, 2.05) is 0 Å². The molecule has 0 aliphatic rings. The summed E-state index contributed by atoms with van der Waals surface area (Å²) in [5, 5.41) is 0. The van der Waals surface area contributed by atoms with Crippen molar-refractivity contribution in [2.75, 3.05) is 27.4 Å². The van der Waals surface area contributed by atoms with Gasteiger partial charge in [0.25, 0.3) is 5.56 Å². The molecule has 2 aromatic heterocycles. The van der Waals surface area contributed by atoms with E-state index < -0.39 is 23.3 Å². The second-order valence-electron chi connectivity index (χ2n) is 6.52. The zero-order valence-corrected chi connectivity index (χ0v) is 17.3. The molecule has 0 amide bonds. The number of esters is 1. The molecule has 0 saturated carbocycles. The third-order valence-electron chi connectivity index (χ3n) is 4.73. The number of ether oxygens (including phenoxy) is 3. The number of carbonyl (C=O) groups is 1. The molecular formula is C20H24N4O6. The Hall–Kier alpha value is -3.40. The maximum absolute atomic E-state index is 13.2. The Morgan fingerprint density at radius 1 is 1.23 bits per heavy atom. The van der Waals surface area contributed by atoms with Crippen LogP contribution in [0, 0.1) is 0 Å². The number of methoxy groups -OCH3 is 2. The molecule has 10 heteroatoms. The SMILES string of the molecule is CCOC(=O)[C@@H](C)n1cnc2c1c(=O)n(CCOC)c(=O)n2-c1cccc(OC)c1. The number of rotatable bonds is 8. The summed E-state index contributed by atoms with van der Waals surface area (Å²) in [5.41, 5.74) is -0.381. The minimum atomic E-state index is -0.796. The lowest BCUT2D eigenvalue weighted by Gasteiger charge is -2.15. The van der Waals surface area contributed by atoms with E-state index in [9.17, 15) is 14.4 Å². The average molecular weight is 416 g/mol. The Bertz CT molecular complexity index is 1180. The minimum Gasteiger partial charge on any atom is -0.497 e. The fourth-order valence-corrected chi connectivity index (χ4v) is 3.18. The number of carbonyl (C=O) groups excluding carboxylic acids is 1. The van der Waals surface area contributed by atoms with E-state index in [2.05, 4.69) is 4.98 Å². The highest BCUT2D eigenvalue weighted by Gasteiger charge is 2.24. The zero-order valence-electron chi connectivity index (χ0n) is 17.3. The second-order valence-corrected chi connectivity index (χ2v) is 6.52. The number of imidazole rings is 1. The van der Waals surface area contributed by atoms with Crippen LogP contribution in [0.4, 0.5) is 0 Å². The van der Waals surface area contributed by atoms with Gasteiger partial charge in [-0.1, -0.05) is 6.07 Å². The molecule has 160 valence electrons. The van der Waals surface area contributed by atoms with Gasteiger partial charge < -0.3 is 18.8 Å². The molecule has 1 atom stereocenters. The van der Waals surface area contributed by atoms with Gasteiger partial charge in [0.15, 0.2) is 11.2 Å². The van der Waals surface area contributed by atoms with E-state index in [-0.39, 0.29) is 30.9 Å². The molecular weight excluding hydrogens is 392 g/mol. The first kappa shape index (κ1) is 21.3. The van der Waals surface area contributed by atoms with Crippen molar-refractivity contribution in [1.82, 2.24) is 18.7 Å². The molecule has 1 aromatic carbocycles. The molecule has 0 radical (unpaired) electrons. The summed E-state index contributed by atoms with van der Waals surface area (Å²) in [4.78, 5) is 43.0. The monoisotopic (exact) mass is 416 g/mol. The van der Waals surface area contributed by atoms with Gasteiger partial charge in [0.1, 0.15) is 11.8 Å². The fourth-order valence-electron chi connectivity index (χ4n) is 3.18. The highest BCUT2D eigenvalue weighted by molar-refractivity contribution is 5.79. The molecule has 0 aliphatic carbocycles. The standard InChI is InChI=1S/C20H24N4O6/c1-5-30-19(26)13(2)23-12-21-17-16(23)18(25)22(9-10-28-3)20(27)24(17)14-7-6-8-15(11-14)29-4/h6-8,11-13H,5,9-10H2,1-4H3/t13-/m1/s1. The molecule has 10 nitrogen and oxygen atoms in total. The van der Waals surface area contributed by atoms with Crippen molar-refractivity contribution in [3.05, 3.63) is 51.4 Å². The minimum absolute atomic E-state index is 0.0487. The van der Waals surface area contributed by atoms with Crippen molar-refractivity contribution in [3.8, 4) is 11.4 Å². The third kappa shape index (κ3) is 3.73. The number of nitrogens with zero attached hydrogens (tertiary/aromatic N) is 4. The van der Waals surface area contributed by atoms with Gasteiger partial charge in [-0.05, 0) is 26.0 Å². The van der Waals surface area contributed by atoms with E-state index in [4.69, 9.17) is 14.2 Å². The van der Waals surface area contributed by atoms with E-state index in [0.717, 1.165) is 4.57 Å². The first-order valence-corrected chi connectivity index (χ1v) is 9.47. The van der Waals surface area contributed by atoms with Gasteiger partial charge in [-0.3, -0.25) is 9.36 Å². The second kappa shape index (κ2) is 8.95. The summed E-state index contributed by atoms with van der Waals surface area (Å²) in [6.45, 7) is 3.74. The fraction of sp³-hybridized carbons (Fsp3) is 0.400. The molecule has 0 N–H and O–H groups in total. The number of benzene rings is 1. The Morgan fingerprint density at radius 2 is 2.00 bits per heavy atom. The Kier molecular flexibility index (Phi) is 6.36. The summed E-state index contributed by atoms with van der Waals surface area (Å²) >= 11 is 0. The maximum Gasteiger partial charge on any atom is 0.337 e. The lowest BCUT2D eigenvalue weighted by molar-refractivity contribution is -0.146. The summed E-state index contributed by atoms with van der Waals surface area (Å²) in [5.74, 6) is 0.0419. The molecule has 0 fully saturated rings. The van der Waals surface area contributed by atoms with Crippen LogP contribution in [0.5, 0.6) is 5.75 Å². The topological polar surface area (TPSA) is 107 Å². The van der Waals surface area contributed by atoms with E-state index in [0.29, 0.717) is 11.4 Å². The molecule has 3 aromatic rings. The van der Waals surface area contributed by atoms with Crippen molar-refractivity contribution < 1.29 is 19.0 Å². The van der Waals surface area contributed by atoms with Crippen molar-refractivity contribution in [2.45, 2.75) is 26.4 Å². The number of hydrogen-bond acceptors (Lipinski definition) is 7. The number of fused-ring (bicyclic) bond motifs is 1. The van der Waals surface area contributed by atoms with Gasteiger partial charge in [0.2, 0.25) is 0 Å². The van der Waals surface area contributed by atoms with Gasteiger partial charge in [-0.2, -0.15) is 0 Å². The van der Waals surface area contributed by atoms with Crippen LogP contribution in [0.3, 0.4) is 0 Å². The predicted octanol–water partition coefficient (Wildman–Crippen LogP) is 1.13. The first-order chi connectivity index (χ1) is 14.4. The molecule has 3 rings (SSSR count). The van der Waals surface area contributed by atoms with E-state index >= 15 is 0 Å². The maximum atomic E-state index is 13.2. The molecule has 0 saturated heterocycles. The predicted molar refractivity (Wildman–Crippen MR) is 109 cm³/mol. The summed E-state index contributed by atoms with van der Waals surface area (Å²) in [6.07, 6.45) is 1.37. The molecule has 30 heavy (non-hydrogen) atoms. The highest BCUT2D eigenvalue weighted by Crippen LogP contribution is 2.20. The van der Waals surface area contributed by atoms with Crippen LogP contribution in [0.15, 0.2) is 40.2 Å². The normalized spacial score (nSPS) is 12.1. The van der Waals surface area contributed by atoms with Crippen molar-refractivity contribution >= 4 is 17.1 Å². The van der Waals surface area contributed by atoms with Crippen molar-refractivity contribution in [1.29, 1.82) is 0 Å². The van der Waals surface area contributed by atoms with Crippen LogP contribution >= 0.6 is 0 Å². The van der Waals surface area contributed by atoms with Gasteiger partial charge in [0.05, 0.1) is 38.9 Å². The largest absolute Gasteiger partial charge is 0.497 e. The van der Waals surface area contributed by atoms with Crippen LogP contribution in [-0.2, 0) is 20.8 Å². The Balaban J connectivity index is 2.34. The summed E-state index contributed by atoms with van der Waals surface area (Å²) in [7, 11) is 3.00. The van der Waals surface area contributed by atoms with Gasteiger partial charge in [-0.15, -0.1) is 0 Å². The lowest BCUT2D eigenvalue weighted by Crippen LogP contribution is -2.41. The smallest absolute Gasteiger partial charge is 0.337 e. The van der Waals surface area contributed by atoms with Crippen molar-refractivity contribution in [2.24, 2.45) is 0 Å². The summed E-state index contributed by atoms with van der Waals surface area (Å²) < 4.78 is 19.2. The third-order valence-corrected chi connectivity index (χ3v) is 4.73. The molecule has 2 heterocycles. The Morgan fingerprint density at radius 3 is 2.67 bits per heavy atom. The molecule has 0 spiro atoms. The van der Waals surface area contributed by atoms with Crippen LogP contribution in [0.1, 0.15) is 19.9 Å². The molecule has 0 unspecified atom stereocenters. The summed E-state index contributed by atoms with van der Waals surface area (Å²) in [6, 6.07) is 6.06. The van der Waals surface area contributed by atoms with Crippen LogP contribution < -0.4 is 16.0 Å². The molecule has 0 aliphatic heterocycles. The van der Waals surface area contributed by atoms with Gasteiger partial charge in [-0.25, -0.2) is 19.1 Å². The van der Waals surface area contributed by atoms with Gasteiger partial charge in [0, 0.05) is 13.2 Å². The number of hydrogen-bond donors (Lipinski definition) is 0. The lowest BCUT2D eigenvalue weighted by atomic mass is 10.3. The average Bonchev–Trinajstić information content (AvgIpc) is 3.18. The Labute approximate surface area is 172 Å². The van der Waals surface area contributed by atoms with Crippen molar-refractivity contribution in [3.63, 3.8) is 0 Å². The highest BCUT2D eigenvalue weighted by atomic mass is 16.5. The zero-order chi connectivity index (χ0) is 21.8. The van der Waals surface area contributed by atoms with Crippen LogP contribution in [0.2, 0.25) is 0 Å². The first-order valence-electron chi connectivity index (χ1n) is 9.47. The van der Waals surface area contributed by atoms with E-state index in [1.165, 1.54) is 29.7 Å². The quantitative estimate of drug-likeness (QED) is 0.507.